The summed E-state index contributed by atoms with van der Waals surface area (Å²) in [5.74, 6) is 0.665. The predicted octanol–water partition coefficient (Wildman–Crippen LogP) is 0.906. The van der Waals surface area contributed by atoms with E-state index in [1.807, 2.05) is 0 Å². The first-order chi connectivity index (χ1) is 6.25. The Morgan fingerprint density at radius 2 is 2.15 bits per heavy atom. The SMILES string of the molecule is CC(N)Oc1ccc2nonc2c1. The van der Waals surface area contributed by atoms with Crippen LogP contribution in [0.25, 0.3) is 11.0 Å². The molecule has 0 aliphatic carbocycles. The third-order valence-electron chi connectivity index (χ3n) is 1.55. The summed E-state index contributed by atoms with van der Waals surface area (Å²) in [6, 6.07) is 5.27. The van der Waals surface area contributed by atoms with E-state index in [2.05, 4.69) is 14.9 Å². The molecule has 1 aromatic heterocycles. The van der Waals surface area contributed by atoms with Gasteiger partial charge in [0.25, 0.3) is 0 Å². The minimum absolute atomic E-state index is 0.336. The fourth-order valence-electron chi connectivity index (χ4n) is 1.05. The molecule has 5 heteroatoms. The van der Waals surface area contributed by atoms with Crippen LogP contribution in [-0.2, 0) is 0 Å². The maximum atomic E-state index is 5.46. The number of aromatic nitrogens is 2. The lowest BCUT2D eigenvalue weighted by atomic mass is 10.3. The van der Waals surface area contributed by atoms with E-state index < -0.39 is 0 Å². The highest BCUT2D eigenvalue weighted by atomic mass is 16.6. The maximum Gasteiger partial charge on any atom is 0.144 e. The molecule has 0 amide bonds. The Hall–Kier alpha value is -1.62. The van der Waals surface area contributed by atoms with Crippen LogP contribution in [-0.4, -0.2) is 16.5 Å². The van der Waals surface area contributed by atoms with Crippen molar-refractivity contribution in [2.75, 3.05) is 0 Å². The highest BCUT2D eigenvalue weighted by Crippen LogP contribution is 2.17. The molecular weight excluding hydrogens is 170 g/mol. The Kier molecular flexibility index (Phi) is 1.86. The quantitative estimate of drug-likeness (QED) is 0.693. The first-order valence-electron chi connectivity index (χ1n) is 3.90. The number of nitrogens with zero attached hydrogens (tertiary/aromatic N) is 2. The largest absolute Gasteiger partial charge is 0.476 e. The summed E-state index contributed by atoms with van der Waals surface area (Å²) < 4.78 is 9.80. The van der Waals surface area contributed by atoms with Crippen LogP contribution in [0.4, 0.5) is 0 Å². The molecule has 0 aliphatic heterocycles. The molecule has 0 saturated heterocycles. The van der Waals surface area contributed by atoms with Crippen LogP contribution in [0.5, 0.6) is 5.75 Å². The number of benzene rings is 1. The van der Waals surface area contributed by atoms with Gasteiger partial charge in [0, 0.05) is 6.07 Å². The normalized spacial score (nSPS) is 13.1. The molecule has 1 unspecified atom stereocenters. The number of hydrogen-bond acceptors (Lipinski definition) is 5. The molecule has 1 heterocycles. The molecule has 68 valence electrons. The summed E-state index contributed by atoms with van der Waals surface area (Å²) in [4.78, 5) is 0. The zero-order valence-electron chi connectivity index (χ0n) is 7.10. The molecule has 13 heavy (non-hydrogen) atoms. The lowest BCUT2D eigenvalue weighted by molar-refractivity contribution is 0.230. The van der Waals surface area contributed by atoms with Gasteiger partial charge in [-0.25, -0.2) is 4.63 Å². The summed E-state index contributed by atoms with van der Waals surface area (Å²) >= 11 is 0. The van der Waals surface area contributed by atoms with E-state index in [0.717, 1.165) is 0 Å². The maximum absolute atomic E-state index is 5.46. The van der Waals surface area contributed by atoms with Crippen molar-refractivity contribution in [1.82, 2.24) is 10.3 Å². The predicted molar refractivity (Wildman–Crippen MR) is 46.1 cm³/mol. The number of hydrogen-bond donors (Lipinski definition) is 1. The highest BCUT2D eigenvalue weighted by molar-refractivity contribution is 5.74. The van der Waals surface area contributed by atoms with Crippen molar-refractivity contribution in [3.63, 3.8) is 0 Å². The minimum Gasteiger partial charge on any atom is -0.476 e. The van der Waals surface area contributed by atoms with Crippen LogP contribution in [0, 0.1) is 0 Å². The topological polar surface area (TPSA) is 74.2 Å². The van der Waals surface area contributed by atoms with Crippen LogP contribution in [0.1, 0.15) is 6.92 Å². The summed E-state index contributed by atoms with van der Waals surface area (Å²) in [7, 11) is 0. The van der Waals surface area contributed by atoms with Crippen molar-refractivity contribution in [2.24, 2.45) is 5.73 Å². The molecule has 1 atom stereocenters. The average Bonchev–Trinajstić information content (AvgIpc) is 2.49. The first kappa shape index (κ1) is 8.00. The Labute approximate surface area is 74.4 Å². The molecule has 5 nitrogen and oxygen atoms in total. The molecule has 0 radical (unpaired) electrons. The van der Waals surface area contributed by atoms with Gasteiger partial charge < -0.3 is 4.74 Å². The molecule has 2 N–H and O–H groups in total. The minimum atomic E-state index is -0.336. The molecule has 2 rings (SSSR count). The Morgan fingerprint density at radius 3 is 2.92 bits per heavy atom. The van der Waals surface area contributed by atoms with E-state index in [1.165, 1.54) is 0 Å². The summed E-state index contributed by atoms with van der Waals surface area (Å²) in [6.45, 7) is 1.76. The number of fused-ring (bicyclic) bond motifs is 1. The number of nitrogens with two attached hydrogens (primary N) is 1. The van der Waals surface area contributed by atoms with Crippen LogP contribution in [0.3, 0.4) is 0 Å². The van der Waals surface area contributed by atoms with E-state index in [1.54, 1.807) is 25.1 Å². The van der Waals surface area contributed by atoms with Gasteiger partial charge in [0.15, 0.2) is 0 Å². The number of ether oxygens (including phenoxy) is 1. The highest BCUT2D eigenvalue weighted by Gasteiger charge is 2.03. The third kappa shape index (κ3) is 1.59. The van der Waals surface area contributed by atoms with E-state index in [-0.39, 0.29) is 6.23 Å². The second-order valence-corrected chi connectivity index (χ2v) is 2.74. The summed E-state index contributed by atoms with van der Waals surface area (Å²) in [5, 5.41) is 7.35. The number of rotatable bonds is 2. The Bertz CT molecular complexity index is 410. The fourth-order valence-corrected chi connectivity index (χ4v) is 1.05. The van der Waals surface area contributed by atoms with E-state index in [9.17, 15) is 0 Å². The van der Waals surface area contributed by atoms with Gasteiger partial charge in [-0.05, 0) is 29.4 Å². The van der Waals surface area contributed by atoms with Crippen molar-refractivity contribution >= 4 is 11.0 Å². The zero-order valence-corrected chi connectivity index (χ0v) is 7.10. The van der Waals surface area contributed by atoms with Gasteiger partial charge >= 0.3 is 0 Å². The van der Waals surface area contributed by atoms with Gasteiger partial charge in [-0.3, -0.25) is 5.73 Å². The van der Waals surface area contributed by atoms with Crippen molar-refractivity contribution < 1.29 is 9.37 Å². The Balaban J connectivity index is 2.37. The molecule has 0 saturated carbocycles. The monoisotopic (exact) mass is 179 g/mol. The summed E-state index contributed by atoms with van der Waals surface area (Å²) in [5.41, 5.74) is 6.83. The fraction of sp³-hybridized carbons (Fsp3) is 0.250. The zero-order chi connectivity index (χ0) is 9.26. The second-order valence-electron chi connectivity index (χ2n) is 2.74. The van der Waals surface area contributed by atoms with Crippen molar-refractivity contribution in [2.45, 2.75) is 13.2 Å². The standard InChI is InChI=1S/C8H9N3O2/c1-5(9)12-6-2-3-7-8(4-6)11-13-10-7/h2-5H,9H2,1H3. The molecule has 0 aliphatic rings. The van der Waals surface area contributed by atoms with Crippen molar-refractivity contribution in [3.8, 4) is 5.75 Å². The van der Waals surface area contributed by atoms with Crippen LogP contribution >= 0.6 is 0 Å². The van der Waals surface area contributed by atoms with Gasteiger partial charge in [-0.1, -0.05) is 0 Å². The molecule has 2 aromatic rings. The third-order valence-corrected chi connectivity index (χ3v) is 1.55. The van der Waals surface area contributed by atoms with E-state index in [4.69, 9.17) is 10.5 Å². The molecular formula is C8H9N3O2. The molecule has 0 fully saturated rings. The smallest absolute Gasteiger partial charge is 0.144 e. The lowest BCUT2D eigenvalue weighted by Gasteiger charge is -2.08. The molecule has 0 bridgehead atoms. The summed E-state index contributed by atoms with van der Waals surface area (Å²) in [6.07, 6.45) is -0.336. The first-order valence-corrected chi connectivity index (χ1v) is 3.90. The van der Waals surface area contributed by atoms with Gasteiger partial charge in [-0.2, -0.15) is 0 Å². The van der Waals surface area contributed by atoms with E-state index >= 15 is 0 Å². The van der Waals surface area contributed by atoms with Crippen LogP contribution in [0.2, 0.25) is 0 Å². The van der Waals surface area contributed by atoms with Crippen molar-refractivity contribution in [3.05, 3.63) is 18.2 Å². The van der Waals surface area contributed by atoms with Crippen LogP contribution in [0.15, 0.2) is 22.8 Å². The molecule has 0 spiro atoms. The van der Waals surface area contributed by atoms with Crippen LogP contribution < -0.4 is 10.5 Å². The van der Waals surface area contributed by atoms with E-state index in [0.29, 0.717) is 16.8 Å². The van der Waals surface area contributed by atoms with Crippen molar-refractivity contribution in [1.29, 1.82) is 0 Å². The van der Waals surface area contributed by atoms with Gasteiger partial charge in [0.2, 0.25) is 0 Å². The average molecular weight is 179 g/mol. The Morgan fingerprint density at radius 1 is 1.38 bits per heavy atom. The van der Waals surface area contributed by atoms with Gasteiger partial charge in [0.05, 0.1) is 0 Å². The van der Waals surface area contributed by atoms with Gasteiger partial charge in [-0.15, -0.1) is 0 Å². The molecule has 1 aromatic carbocycles. The van der Waals surface area contributed by atoms with Gasteiger partial charge in [0.1, 0.15) is 23.0 Å². The second kappa shape index (κ2) is 3.02. The lowest BCUT2D eigenvalue weighted by Crippen LogP contribution is -2.22.